The van der Waals surface area contributed by atoms with Gasteiger partial charge in [-0.2, -0.15) is 10.5 Å². The summed E-state index contributed by atoms with van der Waals surface area (Å²) < 4.78 is 3.24. The summed E-state index contributed by atoms with van der Waals surface area (Å²) in [7, 11) is 0. The van der Waals surface area contributed by atoms with Gasteiger partial charge >= 0.3 is 0 Å². The predicted molar refractivity (Wildman–Crippen MR) is 111 cm³/mol. The van der Waals surface area contributed by atoms with Crippen LogP contribution in [0.2, 0.25) is 0 Å². The lowest BCUT2D eigenvalue weighted by molar-refractivity contribution is 1.23. The van der Waals surface area contributed by atoms with Gasteiger partial charge < -0.3 is 0 Å². The summed E-state index contributed by atoms with van der Waals surface area (Å²) in [5.74, 6) is 0. The fourth-order valence-corrected chi connectivity index (χ4v) is 6.07. The van der Waals surface area contributed by atoms with Crippen molar-refractivity contribution in [3.05, 3.63) is 51.3 Å². The van der Waals surface area contributed by atoms with Crippen LogP contribution in [-0.2, 0) is 0 Å². The number of nitrogens with zero attached hydrogens (tertiary/aromatic N) is 2. The Kier molecular flexibility index (Phi) is 5.98. The lowest BCUT2D eigenvalue weighted by Crippen LogP contribution is -2.00. The van der Waals surface area contributed by atoms with Crippen molar-refractivity contribution in [1.82, 2.24) is 0 Å². The second-order valence-corrected chi connectivity index (χ2v) is 8.65. The van der Waals surface area contributed by atoms with Crippen LogP contribution < -0.4 is 0 Å². The summed E-state index contributed by atoms with van der Waals surface area (Å²) in [5.41, 5.74) is 6.76. The van der Waals surface area contributed by atoms with Crippen LogP contribution in [0.15, 0.2) is 17.9 Å². The normalized spacial score (nSPS) is 10.4. The minimum absolute atomic E-state index is 0.472. The van der Waals surface area contributed by atoms with Gasteiger partial charge in [0.05, 0.1) is 11.1 Å². The van der Waals surface area contributed by atoms with Crippen molar-refractivity contribution in [3.8, 4) is 23.3 Å². The Balaban J connectivity index is 3.12. The van der Waals surface area contributed by atoms with Crippen LogP contribution in [0.25, 0.3) is 11.1 Å². The highest BCUT2D eigenvalue weighted by atomic mass is 79.9. The van der Waals surface area contributed by atoms with Gasteiger partial charge in [-0.05, 0) is 114 Å². The van der Waals surface area contributed by atoms with Gasteiger partial charge in [0.25, 0.3) is 0 Å². The highest BCUT2D eigenvalue weighted by Crippen LogP contribution is 2.49. The van der Waals surface area contributed by atoms with Crippen molar-refractivity contribution in [2.45, 2.75) is 27.7 Å². The fourth-order valence-electron chi connectivity index (χ4n) is 2.59. The van der Waals surface area contributed by atoms with Gasteiger partial charge in [0.15, 0.2) is 0 Å². The quantitative estimate of drug-likeness (QED) is 0.356. The molecule has 24 heavy (non-hydrogen) atoms. The van der Waals surface area contributed by atoms with E-state index in [-0.39, 0.29) is 0 Å². The molecule has 0 aliphatic rings. The molecule has 0 heterocycles. The third kappa shape index (κ3) is 2.88. The van der Waals surface area contributed by atoms with E-state index in [2.05, 4.69) is 96.6 Å². The molecule has 0 aliphatic carbocycles. The van der Waals surface area contributed by atoms with Gasteiger partial charge in [0, 0.05) is 29.0 Å². The topological polar surface area (TPSA) is 47.6 Å². The number of benzene rings is 2. The van der Waals surface area contributed by atoms with E-state index in [0.29, 0.717) is 25.6 Å². The molecule has 0 atom stereocenters. The predicted octanol–water partition coefficient (Wildman–Crippen LogP) is 7.38. The zero-order valence-electron chi connectivity index (χ0n) is 13.4. The largest absolute Gasteiger partial charge is 0.192 e. The third-order valence-corrected chi connectivity index (χ3v) is 7.89. The Bertz CT molecular complexity index is 893. The van der Waals surface area contributed by atoms with Crippen molar-refractivity contribution in [2.24, 2.45) is 0 Å². The standard InChI is InChI=1S/C18H12Br4N2/c1-7-8(2)15(19)13(16(20)9(7)3)14-17(21)11(5-23)10(4)12(6-24)18(14)22/h1-4H3. The molecule has 0 unspecified atom stereocenters. The summed E-state index contributed by atoms with van der Waals surface area (Å²) >= 11 is 14.5. The molecular weight excluding hydrogens is 564 g/mol. The smallest absolute Gasteiger partial charge is 0.101 e. The van der Waals surface area contributed by atoms with Crippen molar-refractivity contribution >= 4 is 63.7 Å². The molecule has 2 aromatic carbocycles. The molecule has 0 bridgehead atoms. The molecule has 0 aliphatic heterocycles. The molecule has 122 valence electrons. The maximum absolute atomic E-state index is 9.55. The van der Waals surface area contributed by atoms with Crippen LogP contribution in [-0.4, -0.2) is 0 Å². The summed E-state index contributed by atoms with van der Waals surface area (Å²) in [4.78, 5) is 0. The molecular formula is C18H12Br4N2. The first-order valence-electron chi connectivity index (χ1n) is 6.95. The van der Waals surface area contributed by atoms with E-state index in [4.69, 9.17) is 0 Å². The summed E-state index contributed by atoms with van der Waals surface area (Å²) in [6.07, 6.45) is 0. The molecule has 0 amide bonds. The van der Waals surface area contributed by atoms with Crippen molar-refractivity contribution in [1.29, 1.82) is 10.5 Å². The minimum atomic E-state index is 0.472. The maximum atomic E-state index is 9.55. The second kappa shape index (κ2) is 7.30. The Hall–Kier alpha value is -0.660. The van der Waals surface area contributed by atoms with E-state index in [0.717, 1.165) is 31.2 Å². The zero-order valence-corrected chi connectivity index (χ0v) is 19.8. The molecule has 2 nitrogen and oxygen atoms in total. The van der Waals surface area contributed by atoms with Crippen LogP contribution >= 0.6 is 63.7 Å². The molecule has 0 radical (unpaired) electrons. The fraction of sp³-hybridized carbons (Fsp3) is 0.222. The molecule has 2 rings (SSSR count). The van der Waals surface area contributed by atoms with E-state index in [1.54, 1.807) is 6.92 Å². The molecule has 0 N–H and O–H groups in total. The number of nitriles is 2. The number of halogens is 4. The number of hydrogen-bond acceptors (Lipinski definition) is 2. The Morgan fingerprint density at radius 1 is 0.542 bits per heavy atom. The average molecular weight is 576 g/mol. The first-order valence-corrected chi connectivity index (χ1v) is 10.1. The van der Waals surface area contributed by atoms with E-state index in [1.165, 1.54) is 5.56 Å². The lowest BCUT2D eigenvalue weighted by atomic mass is 9.92. The second-order valence-electron chi connectivity index (χ2n) is 5.48. The first kappa shape index (κ1) is 19.7. The summed E-state index contributed by atoms with van der Waals surface area (Å²) in [5, 5.41) is 19.1. The maximum Gasteiger partial charge on any atom is 0.101 e. The summed E-state index contributed by atoms with van der Waals surface area (Å²) in [6, 6.07) is 4.41. The van der Waals surface area contributed by atoms with Gasteiger partial charge in [-0.25, -0.2) is 0 Å². The van der Waals surface area contributed by atoms with Crippen LogP contribution in [0.3, 0.4) is 0 Å². The number of hydrogen-bond donors (Lipinski definition) is 0. The van der Waals surface area contributed by atoms with E-state index >= 15 is 0 Å². The highest BCUT2D eigenvalue weighted by Gasteiger charge is 2.25. The van der Waals surface area contributed by atoms with Crippen molar-refractivity contribution in [2.75, 3.05) is 0 Å². The highest BCUT2D eigenvalue weighted by molar-refractivity contribution is 9.11. The van der Waals surface area contributed by atoms with Gasteiger partial charge in [-0.1, -0.05) is 0 Å². The van der Waals surface area contributed by atoms with Gasteiger partial charge in [-0.15, -0.1) is 0 Å². The average Bonchev–Trinajstić information content (AvgIpc) is 2.55. The first-order chi connectivity index (χ1) is 11.2. The zero-order chi connectivity index (χ0) is 18.3. The van der Waals surface area contributed by atoms with E-state index in [9.17, 15) is 10.5 Å². The van der Waals surface area contributed by atoms with Crippen LogP contribution in [0.4, 0.5) is 0 Å². The molecule has 0 aromatic heterocycles. The SMILES string of the molecule is Cc1c(C)c(Br)c(-c2c(Br)c(C#N)c(C)c(C#N)c2Br)c(Br)c1C. The Morgan fingerprint density at radius 2 is 0.875 bits per heavy atom. The number of rotatable bonds is 1. The third-order valence-electron chi connectivity index (χ3n) is 4.32. The van der Waals surface area contributed by atoms with Crippen molar-refractivity contribution < 1.29 is 0 Å². The van der Waals surface area contributed by atoms with Crippen LogP contribution in [0.5, 0.6) is 0 Å². The minimum Gasteiger partial charge on any atom is -0.192 e. The van der Waals surface area contributed by atoms with E-state index < -0.39 is 0 Å². The monoisotopic (exact) mass is 572 g/mol. The Labute approximate surface area is 175 Å². The summed E-state index contributed by atoms with van der Waals surface area (Å²) in [6.45, 7) is 7.96. The van der Waals surface area contributed by atoms with Gasteiger partial charge in [0.2, 0.25) is 0 Å². The molecule has 0 spiro atoms. The molecule has 0 saturated carbocycles. The molecule has 6 heteroatoms. The van der Waals surface area contributed by atoms with E-state index in [1.807, 2.05) is 0 Å². The lowest BCUT2D eigenvalue weighted by Gasteiger charge is -2.20. The molecule has 0 saturated heterocycles. The molecule has 0 fully saturated rings. The van der Waals surface area contributed by atoms with Crippen molar-refractivity contribution in [3.63, 3.8) is 0 Å². The Morgan fingerprint density at radius 3 is 1.21 bits per heavy atom. The van der Waals surface area contributed by atoms with Gasteiger partial charge in [-0.3, -0.25) is 0 Å². The molecule has 2 aromatic rings. The van der Waals surface area contributed by atoms with Crippen LogP contribution in [0, 0.1) is 50.4 Å². The van der Waals surface area contributed by atoms with Gasteiger partial charge in [0.1, 0.15) is 12.1 Å². The van der Waals surface area contributed by atoms with Crippen LogP contribution in [0.1, 0.15) is 33.4 Å².